The summed E-state index contributed by atoms with van der Waals surface area (Å²) in [6.45, 7) is 6.46. The predicted molar refractivity (Wildman–Crippen MR) is 112 cm³/mol. The van der Waals surface area contributed by atoms with Gasteiger partial charge in [0.05, 0.1) is 6.20 Å². The lowest BCUT2D eigenvalue weighted by Gasteiger charge is -2.10. The van der Waals surface area contributed by atoms with E-state index >= 15 is 0 Å². The third-order valence-electron chi connectivity index (χ3n) is 5.00. The molecule has 4 rings (SSSR count). The molecule has 142 valence electrons. The summed E-state index contributed by atoms with van der Waals surface area (Å²) in [6, 6.07) is 20.6. The maximum atomic E-state index is 6.20. The molecule has 1 atom stereocenters. The summed E-state index contributed by atoms with van der Waals surface area (Å²) >= 11 is 0. The van der Waals surface area contributed by atoms with Gasteiger partial charge >= 0.3 is 0 Å². The summed E-state index contributed by atoms with van der Waals surface area (Å²) < 4.78 is 6.20. The summed E-state index contributed by atoms with van der Waals surface area (Å²) in [5.74, 6) is 2.20. The van der Waals surface area contributed by atoms with Gasteiger partial charge in [-0.2, -0.15) is 5.10 Å². The van der Waals surface area contributed by atoms with E-state index in [1.807, 2.05) is 42.6 Å². The molecule has 2 aromatic carbocycles. The van der Waals surface area contributed by atoms with E-state index in [0.717, 1.165) is 34.2 Å². The highest BCUT2D eigenvalue weighted by molar-refractivity contribution is 5.66. The third kappa shape index (κ3) is 3.63. The summed E-state index contributed by atoms with van der Waals surface area (Å²) in [6.07, 6.45) is 2.61. The first-order valence-electron chi connectivity index (χ1n) is 9.77. The van der Waals surface area contributed by atoms with Crippen LogP contribution in [0.2, 0.25) is 0 Å². The molecule has 0 spiro atoms. The topological polar surface area (TPSA) is 54.7 Å². The van der Waals surface area contributed by atoms with Crippen LogP contribution < -0.4 is 0 Å². The van der Waals surface area contributed by atoms with Crippen molar-refractivity contribution >= 4 is 0 Å². The van der Waals surface area contributed by atoms with E-state index in [0.29, 0.717) is 6.42 Å². The van der Waals surface area contributed by atoms with Gasteiger partial charge in [-0.1, -0.05) is 81.4 Å². The Morgan fingerprint density at radius 1 is 0.893 bits per heavy atom. The van der Waals surface area contributed by atoms with Gasteiger partial charge in [0.25, 0.3) is 0 Å². The molecule has 4 nitrogen and oxygen atoms in total. The fourth-order valence-electron chi connectivity index (χ4n) is 3.54. The average Bonchev–Trinajstić information content (AvgIpc) is 3.37. The van der Waals surface area contributed by atoms with E-state index in [4.69, 9.17) is 9.40 Å². The molecular formula is C24H25N3O. The number of aromatic nitrogens is 3. The molecule has 0 fully saturated rings. The van der Waals surface area contributed by atoms with E-state index < -0.39 is 0 Å². The van der Waals surface area contributed by atoms with Gasteiger partial charge in [-0.25, -0.2) is 4.98 Å². The number of nitrogens with one attached hydrogen (secondary N) is 1. The first kappa shape index (κ1) is 18.2. The molecule has 1 N–H and O–H groups in total. The van der Waals surface area contributed by atoms with Gasteiger partial charge in [0.2, 0.25) is 0 Å². The zero-order valence-corrected chi connectivity index (χ0v) is 16.5. The molecule has 0 aliphatic rings. The van der Waals surface area contributed by atoms with Gasteiger partial charge in [0.15, 0.2) is 5.89 Å². The van der Waals surface area contributed by atoms with Gasteiger partial charge in [-0.3, -0.25) is 5.10 Å². The van der Waals surface area contributed by atoms with E-state index in [1.165, 1.54) is 5.56 Å². The molecule has 28 heavy (non-hydrogen) atoms. The maximum Gasteiger partial charge on any atom is 0.195 e. The molecule has 0 aliphatic carbocycles. The van der Waals surface area contributed by atoms with Crippen LogP contribution in [0.15, 0.2) is 71.3 Å². The Balaban J connectivity index is 1.63. The molecule has 0 saturated carbocycles. The number of nitrogens with zero attached hydrogens (tertiary/aromatic N) is 2. The minimum Gasteiger partial charge on any atom is -0.445 e. The summed E-state index contributed by atoms with van der Waals surface area (Å²) in [5.41, 5.74) is 5.45. The van der Waals surface area contributed by atoms with Crippen LogP contribution in [-0.2, 0) is 6.42 Å². The number of rotatable bonds is 6. The van der Waals surface area contributed by atoms with Crippen molar-refractivity contribution < 1.29 is 4.42 Å². The minimum atomic E-state index is 0.208. The highest BCUT2D eigenvalue weighted by atomic mass is 16.4. The van der Waals surface area contributed by atoms with E-state index in [-0.39, 0.29) is 11.8 Å². The third-order valence-corrected chi connectivity index (χ3v) is 5.00. The Bertz CT molecular complexity index is 1030. The molecule has 0 bridgehead atoms. The van der Waals surface area contributed by atoms with Gasteiger partial charge in [-0.15, -0.1) is 0 Å². The molecule has 4 heteroatoms. The van der Waals surface area contributed by atoms with Crippen LogP contribution in [-0.4, -0.2) is 15.2 Å². The van der Waals surface area contributed by atoms with Gasteiger partial charge in [0.1, 0.15) is 11.5 Å². The Morgan fingerprint density at radius 2 is 1.54 bits per heavy atom. The van der Waals surface area contributed by atoms with Crippen LogP contribution in [0.3, 0.4) is 0 Å². The molecule has 2 aromatic heterocycles. The molecule has 0 saturated heterocycles. The number of aromatic amines is 1. The lowest BCUT2D eigenvalue weighted by molar-refractivity contribution is 0.428. The average molecular weight is 371 g/mol. The number of benzene rings is 2. The van der Waals surface area contributed by atoms with Crippen molar-refractivity contribution in [2.45, 2.75) is 39.0 Å². The predicted octanol–water partition coefficient (Wildman–Crippen LogP) is 6.20. The SMILES string of the molecule is CC(C)c1oc(CC(C)c2[nH]ncc2-c2ccccc2)nc1-c1ccccc1. The van der Waals surface area contributed by atoms with Crippen molar-refractivity contribution in [2.75, 3.05) is 0 Å². The van der Waals surface area contributed by atoms with Crippen LogP contribution in [0, 0.1) is 0 Å². The zero-order chi connectivity index (χ0) is 19.5. The van der Waals surface area contributed by atoms with E-state index in [1.54, 1.807) is 0 Å². The normalized spacial score (nSPS) is 12.4. The van der Waals surface area contributed by atoms with Crippen molar-refractivity contribution in [3.63, 3.8) is 0 Å². The molecule has 0 amide bonds. The van der Waals surface area contributed by atoms with Gasteiger partial charge < -0.3 is 4.42 Å². The summed E-state index contributed by atoms with van der Waals surface area (Å²) in [7, 11) is 0. The Hall–Kier alpha value is -3.14. The largest absolute Gasteiger partial charge is 0.445 e. The fraction of sp³-hybridized carbons (Fsp3) is 0.250. The van der Waals surface area contributed by atoms with Crippen LogP contribution in [0.4, 0.5) is 0 Å². The Kier molecular flexibility index (Phi) is 5.11. The molecule has 4 aromatic rings. The van der Waals surface area contributed by atoms with Crippen LogP contribution in [0.25, 0.3) is 22.4 Å². The molecule has 0 radical (unpaired) electrons. The zero-order valence-electron chi connectivity index (χ0n) is 16.5. The second kappa shape index (κ2) is 7.85. The highest BCUT2D eigenvalue weighted by Crippen LogP contribution is 2.33. The van der Waals surface area contributed by atoms with Crippen molar-refractivity contribution in [1.82, 2.24) is 15.2 Å². The summed E-state index contributed by atoms with van der Waals surface area (Å²) in [4.78, 5) is 4.85. The molecule has 2 heterocycles. The molecular weight excluding hydrogens is 346 g/mol. The van der Waals surface area contributed by atoms with Crippen molar-refractivity contribution in [2.24, 2.45) is 0 Å². The Labute approximate surface area is 165 Å². The lowest BCUT2D eigenvalue weighted by Crippen LogP contribution is -2.01. The molecule has 0 aliphatic heterocycles. The van der Waals surface area contributed by atoms with Crippen molar-refractivity contribution in [1.29, 1.82) is 0 Å². The fourth-order valence-corrected chi connectivity index (χ4v) is 3.54. The second-order valence-corrected chi connectivity index (χ2v) is 7.51. The van der Waals surface area contributed by atoms with Crippen LogP contribution in [0.1, 0.15) is 50.0 Å². The quantitative estimate of drug-likeness (QED) is 0.439. The number of oxazole rings is 1. The monoisotopic (exact) mass is 371 g/mol. The summed E-state index contributed by atoms with van der Waals surface area (Å²) in [5, 5.41) is 7.46. The smallest absolute Gasteiger partial charge is 0.195 e. The van der Waals surface area contributed by atoms with Crippen molar-refractivity contribution in [3.05, 3.63) is 84.2 Å². The second-order valence-electron chi connectivity index (χ2n) is 7.51. The first-order valence-corrected chi connectivity index (χ1v) is 9.77. The maximum absolute atomic E-state index is 6.20. The highest BCUT2D eigenvalue weighted by Gasteiger charge is 2.21. The Morgan fingerprint density at radius 3 is 2.18 bits per heavy atom. The van der Waals surface area contributed by atoms with E-state index in [2.05, 4.69) is 55.2 Å². The molecule has 1 unspecified atom stereocenters. The van der Waals surface area contributed by atoms with E-state index in [9.17, 15) is 0 Å². The first-order chi connectivity index (χ1) is 13.6. The minimum absolute atomic E-state index is 0.208. The number of hydrogen-bond acceptors (Lipinski definition) is 3. The number of H-pyrrole nitrogens is 1. The van der Waals surface area contributed by atoms with Crippen LogP contribution >= 0.6 is 0 Å². The standard InChI is InChI=1S/C24H25N3O/c1-16(2)24-23(19-12-8-5-9-13-19)26-21(28-24)14-17(3)22-20(15-25-27-22)18-10-6-4-7-11-18/h4-13,15-17H,14H2,1-3H3,(H,25,27). The van der Waals surface area contributed by atoms with Gasteiger partial charge in [-0.05, 0) is 5.56 Å². The number of hydrogen-bond donors (Lipinski definition) is 1. The lowest BCUT2D eigenvalue weighted by atomic mass is 9.96. The van der Waals surface area contributed by atoms with Gasteiger partial charge in [0, 0.05) is 35.1 Å². The van der Waals surface area contributed by atoms with Crippen LogP contribution in [0.5, 0.6) is 0 Å². The van der Waals surface area contributed by atoms with Crippen molar-refractivity contribution in [3.8, 4) is 22.4 Å².